The summed E-state index contributed by atoms with van der Waals surface area (Å²) in [5.41, 5.74) is 0. The predicted molar refractivity (Wildman–Crippen MR) is 102 cm³/mol. The van der Waals surface area contributed by atoms with E-state index in [9.17, 15) is 9.59 Å². The predicted octanol–water partition coefficient (Wildman–Crippen LogP) is 1.55. The molecule has 7 nitrogen and oxygen atoms in total. The highest BCUT2D eigenvalue weighted by molar-refractivity contribution is 5.81. The van der Waals surface area contributed by atoms with Crippen LogP contribution in [0.15, 0.2) is 18.5 Å². The third-order valence-corrected chi connectivity index (χ3v) is 6.18. The van der Waals surface area contributed by atoms with Gasteiger partial charge in [0.15, 0.2) is 0 Å². The first-order valence-electron chi connectivity index (χ1n) is 10.3. The van der Waals surface area contributed by atoms with Gasteiger partial charge in [-0.15, -0.1) is 0 Å². The lowest BCUT2D eigenvalue weighted by Gasteiger charge is -2.38. The van der Waals surface area contributed by atoms with Gasteiger partial charge in [-0.05, 0) is 44.6 Å². The molecule has 4 heterocycles. The van der Waals surface area contributed by atoms with Gasteiger partial charge in [-0.3, -0.25) is 9.59 Å². The van der Waals surface area contributed by atoms with Crippen molar-refractivity contribution in [2.75, 3.05) is 44.2 Å². The zero-order chi connectivity index (χ0) is 18.6. The lowest BCUT2D eigenvalue weighted by atomic mass is 9.92. The molecule has 3 aliphatic rings. The van der Waals surface area contributed by atoms with Crippen molar-refractivity contribution < 1.29 is 9.59 Å². The highest BCUT2D eigenvalue weighted by Crippen LogP contribution is 2.26. The number of aromatic nitrogens is 2. The van der Waals surface area contributed by atoms with E-state index in [4.69, 9.17) is 0 Å². The third-order valence-electron chi connectivity index (χ3n) is 6.18. The van der Waals surface area contributed by atoms with Gasteiger partial charge in [0.2, 0.25) is 17.8 Å². The number of hydrogen-bond acceptors (Lipinski definition) is 5. The number of carbonyl (C=O) groups excluding carboxylic acids is 2. The Morgan fingerprint density at radius 1 is 0.778 bits per heavy atom. The van der Waals surface area contributed by atoms with E-state index in [0.29, 0.717) is 31.5 Å². The van der Waals surface area contributed by atoms with Gasteiger partial charge in [-0.1, -0.05) is 0 Å². The minimum Gasteiger partial charge on any atom is -0.342 e. The maximum absolute atomic E-state index is 13.0. The number of likely N-dealkylation sites (tertiary alicyclic amines) is 2. The Morgan fingerprint density at radius 2 is 1.41 bits per heavy atom. The quantitative estimate of drug-likeness (QED) is 0.806. The average molecular weight is 371 g/mol. The number of anilines is 1. The van der Waals surface area contributed by atoms with Gasteiger partial charge >= 0.3 is 0 Å². The van der Waals surface area contributed by atoms with Crippen molar-refractivity contribution in [3.63, 3.8) is 0 Å². The van der Waals surface area contributed by atoms with Crippen molar-refractivity contribution in [2.24, 2.45) is 11.8 Å². The Labute approximate surface area is 160 Å². The molecule has 0 saturated carbocycles. The fraction of sp³-hybridized carbons (Fsp3) is 0.700. The second-order valence-electron chi connectivity index (χ2n) is 7.97. The van der Waals surface area contributed by atoms with Gasteiger partial charge in [0, 0.05) is 57.6 Å². The van der Waals surface area contributed by atoms with E-state index in [0.717, 1.165) is 58.2 Å². The molecule has 3 aliphatic heterocycles. The summed E-state index contributed by atoms with van der Waals surface area (Å²) in [6, 6.07) is 1.81. The second kappa shape index (κ2) is 8.23. The number of hydrogen-bond donors (Lipinski definition) is 0. The van der Waals surface area contributed by atoms with Crippen molar-refractivity contribution in [3.05, 3.63) is 18.5 Å². The molecule has 7 heteroatoms. The van der Waals surface area contributed by atoms with Gasteiger partial charge in [-0.25, -0.2) is 9.97 Å². The van der Waals surface area contributed by atoms with Gasteiger partial charge in [0.1, 0.15) is 0 Å². The van der Waals surface area contributed by atoms with Gasteiger partial charge < -0.3 is 14.7 Å². The topological polar surface area (TPSA) is 69.6 Å². The molecule has 1 unspecified atom stereocenters. The van der Waals surface area contributed by atoms with Gasteiger partial charge in [0.05, 0.1) is 5.92 Å². The standard InChI is InChI=1S/C20H29N5O2/c26-18(23-10-1-2-11-23)16-6-13-24(14-7-16)19(27)17-5-3-12-25(15-17)20-21-8-4-9-22-20/h4,8-9,16-17H,1-3,5-7,10-15H2. The number of amides is 2. The van der Waals surface area contributed by atoms with Crippen molar-refractivity contribution in [1.29, 1.82) is 0 Å². The van der Waals surface area contributed by atoms with Crippen molar-refractivity contribution >= 4 is 17.8 Å². The lowest BCUT2D eigenvalue weighted by molar-refractivity contribution is -0.142. The molecule has 0 N–H and O–H groups in total. The zero-order valence-corrected chi connectivity index (χ0v) is 15.9. The molecule has 3 saturated heterocycles. The number of carbonyl (C=O) groups is 2. The Morgan fingerprint density at radius 3 is 2.11 bits per heavy atom. The van der Waals surface area contributed by atoms with Crippen molar-refractivity contribution in [1.82, 2.24) is 19.8 Å². The molecule has 0 aliphatic carbocycles. The molecule has 146 valence electrons. The van der Waals surface area contributed by atoms with Crippen LogP contribution >= 0.6 is 0 Å². The average Bonchev–Trinajstić information content (AvgIpc) is 3.28. The summed E-state index contributed by atoms with van der Waals surface area (Å²) in [6.45, 7) is 4.84. The maximum Gasteiger partial charge on any atom is 0.227 e. The second-order valence-corrected chi connectivity index (χ2v) is 7.97. The van der Waals surface area contributed by atoms with E-state index in [2.05, 4.69) is 14.9 Å². The highest BCUT2D eigenvalue weighted by Gasteiger charge is 2.35. The van der Waals surface area contributed by atoms with Crippen LogP contribution in [-0.4, -0.2) is 70.9 Å². The minimum absolute atomic E-state index is 0.00777. The molecule has 4 rings (SSSR count). The van der Waals surface area contributed by atoms with E-state index in [1.165, 1.54) is 0 Å². The molecule has 0 aromatic carbocycles. The van der Waals surface area contributed by atoms with Crippen LogP contribution in [0.2, 0.25) is 0 Å². The SMILES string of the molecule is O=C(C1CCN(C(=O)C2CCCN(c3ncccn3)C2)CC1)N1CCCC1. The summed E-state index contributed by atoms with van der Waals surface area (Å²) in [5.74, 6) is 1.37. The normalized spacial score (nSPS) is 24.3. The molecule has 0 radical (unpaired) electrons. The summed E-state index contributed by atoms with van der Waals surface area (Å²) < 4.78 is 0. The van der Waals surface area contributed by atoms with E-state index in [-0.39, 0.29) is 17.7 Å². The summed E-state index contributed by atoms with van der Waals surface area (Å²) in [6.07, 6.45) is 9.27. The first kappa shape index (κ1) is 18.2. The van der Waals surface area contributed by atoms with E-state index >= 15 is 0 Å². The third kappa shape index (κ3) is 4.06. The van der Waals surface area contributed by atoms with Crippen LogP contribution in [-0.2, 0) is 9.59 Å². The number of nitrogens with zero attached hydrogens (tertiary/aromatic N) is 5. The van der Waals surface area contributed by atoms with Gasteiger partial charge in [0.25, 0.3) is 0 Å². The van der Waals surface area contributed by atoms with Crippen LogP contribution in [0.1, 0.15) is 38.5 Å². The van der Waals surface area contributed by atoms with Crippen molar-refractivity contribution in [3.8, 4) is 0 Å². The van der Waals surface area contributed by atoms with Crippen LogP contribution in [0, 0.1) is 11.8 Å². The molecule has 0 spiro atoms. The molecular weight excluding hydrogens is 342 g/mol. The summed E-state index contributed by atoms with van der Waals surface area (Å²) >= 11 is 0. The van der Waals surface area contributed by atoms with E-state index in [1.54, 1.807) is 12.4 Å². The fourth-order valence-corrected chi connectivity index (χ4v) is 4.62. The zero-order valence-electron chi connectivity index (χ0n) is 15.9. The summed E-state index contributed by atoms with van der Waals surface area (Å²) in [7, 11) is 0. The monoisotopic (exact) mass is 371 g/mol. The molecule has 2 amide bonds. The van der Waals surface area contributed by atoms with Crippen molar-refractivity contribution in [2.45, 2.75) is 38.5 Å². The molecule has 0 bridgehead atoms. The summed E-state index contributed by atoms with van der Waals surface area (Å²) in [5, 5.41) is 0. The largest absolute Gasteiger partial charge is 0.342 e. The maximum atomic E-state index is 13.0. The number of rotatable bonds is 3. The molecule has 1 aromatic rings. The van der Waals surface area contributed by atoms with Crippen LogP contribution in [0.3, 0.4) is 0 Å². The first-order chi connectivity index (χ1) is 13.2. The van der Waals surface area contributed by atoms with E-state index in [1.807, 2.05) is 15.9 Å². The van der Waals surface area contributed by atoms with Crippen LogP contribution in [0.25, 0.3) is 0 Å². The molecule has 3 fully saturated rings. The molecule has 1 aromatic heterocycles. The van der Waals surface area contributed by atoms with Crippen LogP contribution in [0.5, 0.6) is 0 Å². The smallest absolute Gasteiger partial charge is 0.227 e. The van der Waals surface area contributed by atoms with Crippen LogP contribution in [0.4, 0.5) is 5.95 Å². The van der Waals surface area contributed by atoms with E-state index < -0.39 is 0 Å². The molecule has 27 heavy (non-hydrogen) atoms. The Balaban J connectivity index is 1.30. The molecular formula is C20H29N5O2. The van der Waals surface area contributed by atoms with Gasteiger partial charge in [-0.2, -0.15) is 0 Å². The molecule has 1 atom stereocenters. The lowest BCUT2D eigenvalue weighted by Crippen LogP contribution is -2.49. The Hall–Kier alpha value is -2.18. The minimum atomic E-state index is 0.00777. The Kier molecular flexibility index (Phi) is 5.55. The van der Waals surface area contributed by atoms with Crippen LogP contribution < -0.4 is 4.90 Å². The Bertz CT molecular complexity index is 654. The summed E-state index contributed by atoms with van der Waals surface area (Å²) in [4.78, 5) is 40.4. The number of piperidine rings is 2. The fourth-order valence-electron chi connectivity index (χ4n) is 4.62. The highest BCUT2D eigenvalue weighted by atomic mass is 16.2. The first-order valence-corrected chi connectivity index (χ1v) is 10.3.